The molecule has 9 heteroatoms. The van der Waals surface area contributed by atoms with Crippen LogP contribution in [0.25, 0.3) is 11.1 Å². The van der Waals surface area contributed by atoms with E-state index in [-0.39, 0.29) is 26.3 Å². The number of benzene rings is 3. The first-order valence-electron chi connectivity index (χ1n) is 10.2. The summed E-state index contributed by atoms with van der Waals surface area (Å²) in [5.41, 5.74) is 7.15. The molecule has 0 fully saturated rings. The van der Waals surface area contributed by atoms with Crippen LogP contribution in [0.15, 0.2) is 72.8 Å². The van der Waals surface area contributed by atoms with Crippen molar-refractivity contribution in [2.75, 3.05) is 0 Å². The average molecular weight is 512 g/mol. The van der Waals surface area contributed by atoms with Crippen molar-refractivity contribution in [1.82, 2.24) is 0 Å². The van der Waals surface area contributed by atoms with Gasteiger partial charge in [0.1, 0.15) is 11.5 Å². The minimum atomic E-state index is -3.15. The molecule has 182 valence electrons. The van der Waals surface area contributed by atoms with Crippen LogP contribution in [0, 0.1) is 0 Å². The van der Waals surface area contributed by atoms with Gasteiger partial charge in [0.05, 0.1) is 11.0 Å². The van der Waals surface area contributed by atoms with Crippen molar-refractivity contribution in [2.24, 2.45) is 5.50 Å². The van der Waals surface area contributed by atoms with Crippen molar-refractivity contribution in [1.29, 1.82) is 1.43 Å². The van der Waals surface area contributed by atoms with Crippen LogP contribution in [-0.2, 0) is 9.13 Å². The number of hydrogen-bond acceptors (Lipinski definition) is 5. The highest BCUT2D eigenvalue weighted by Crippen LogP contribution is 2.63. The summed E-state index contributed by atoms with van der Waals surface area (Å²) >= 11 is 0. The molecule has 3 aromatic carbocycles. The summed E-state index contributed by atoms with van der Waals surface area (Å²) in [5.74, 6) is 0.852. The second-order valence-corrected chi connectivity index (χ2v) is 12.7. The maximum Gasteiger partial charge on any atom is 0.284 e. The zero-order valence-corrected chi connectivity index (χ0v) is 20.6. The molecule has 0 amide bonds. The van der Waals surface area contributed by atoms with E-state index in [4.69, 9.17) is 5.95 Å². The Bertz CT molecular complexity index is 1140. The summed E-state index contributed by atoms with van der Waals surface area (Å²) in [5, 5.41) is 10.3. The summed E-state index contributed by atoms with van der Waals surface area (Å²) in [6.45, 7) is 5.91. The highest BCUT2D eigenvalue weighted by atomic mass is 32.1. The lowest BCUT2D eigenvalue weighted by Gasteiger charge is -2.32. The standard InChI is InChI=1S/C20H17O3P.C2H6.2CH4.H5NO2P2/c1-14(15-10-12-16(21)13-11-15)24(22)20-9-5-3-7-18(20)17-6-2-4-8-19(17)23-24;1-2;;;1-5(2,3)4/h2-14,21H,1H3;1-2H3;2*1H4;4H2,(H3,1,2,3)/i/hD. The molecular formula is C24H36NO5P3. The van der Waals surface area contributed by atoms with Crippen LogP contribution in [-0.4, -0.2) is 11.4 Å². The van der Waals surface area contributed by atoms with E-state index >= 15 is 0 Å². The monoisotopic (exact) mass is 512 g/mol. The highest BCUT2D eigenvalue weighted by Gasteiger charge is 2.41. The fourth-order valence-electron chi connectivity index (χ4n) is 3.17. The van der Waals surface area contributed by atoms with Crippen molar-refractivity contribution in [3.63, 3.8) is 0 Å². The third kappa shape index (κ3) is 7.81. The average Bonchev–Trinajstić information content (AvgIpc) is 2.80. The Balaban J connectivity index is 0.000000960. The van der Waals surface area contributed by atoms with Gasteiger partial charge in [0, 0.05) is 5.56 Å². The fraction of sp³-hybridized carbons (Fsp3) is 0.250. The first-order valence-corrected chi connectivity index (χ1v) is 14.8. The lowest BCUT2D eigenvalue weighted by Crippen LogP contribution is -2.21. The summed E-state index contributed by atoms with van der Waals surface area (Å²) in [6, 6.07) is 22.3. The van der Waals surface area contributed by atoms with Gasteiger partial charge < -0.3 is 14.5 Å². The SMILES string of the molecule is C.C.CC.CC(c1ccc(O)cc1)P1(=O)Oc2ccccc2-c2ccccc21.[2H]OP(N)(=O)P. The number of nitrogens with two attached hydrogens (primary N) is 1. The van der Waals surface area contributed by atoms with Crippen LogP contribution in [0.2, 0.25) is 0 Å². The van der Waals surface area contributed by atoms with Crippen molar-refractivity contribution in [2.45, 2.75) is 41.3 Å². The van der Waals surface area contributed by atoms with Crippen LogP contribution >= 0.6 is 23.5 Å². The predicted octanol–water partition coefficient (Wildman–Crippen LogP) is 7.34. The predicted molar refractivity (Wildman–Crippen MR) is 145 cm³/mol. The molecular weight excluding hydrogens is 475 g/mol. The third-order valence-electron chi connectivity index (χ3n) is 4.54. The Morgan fingerprint density at radius 1 is 1.00 bits per heavy atom. The summed E-state index contributed by atoms with van der Waals surface area (Å²) in [4.78, 5) is 3.48. The van der Waals surface area contributed by atoms with E-state index in [0.29, 0.717) is 5.75 Å². The van der Waals surface area contributed by atoms with Gasteiger partial charge in [0.25, 0.3) is 14.6 Å². The zero-order chi connectivity index (χ0) is 23.9. The van der Waals surface area contributed by atoms with Gasteiger partial charge in [-0.05, 0) is 51.2 Å². The Hall–Kier alpha value is -1.93. The second kappa shape index (κ2) is 13.1. The summed E-state index contributed by atoms with van der Waals surface area (Å²) in [6.07, 6.45) is 0. The van der Waals surface area contributed by atoms with Gasteiger partial charge in [-0.2, -0.15) is 0 Å². The van der Waals surface area contributed by atoms with E-state index in [1.54, 1.807) is 33.2 Å². The van der Waals surface area contributed by atoms with Gasteiger partial charge in [-0.1, -0.05) is 77.2 Å². The highest BCUT2D eigenvalue weighted by molar-refractivity contribution is 8.13. The van der Waals surface area contributed by atoms with Crippen LogP contribution in [0.3, 0.4) is 0 Å². The van der Waals surface area contributed by atoms with Crippen molar-refractivity contribution < 1.29 is 23.7 Å². The van der Waals surface area contributed by atoms with Crippen LogP contribution in [0.5, 0.6) is 11.5 Å². The Labute approximate surface area is 201 Å². The van der Waals surface area contributed by atoms with E-state index in [0.717, 1.165) is 22.0 Å². The molecule has 1 aliphatic heterocycles. The summed E-state index contributed by atoms with van der Waals surface area (Å²) in [7, 11) is -4.49. The first kappa shape index (κ1) is 29.1. The van der Waals surface area contributed by atoms with Gasteiger partial charge in [-0.25, -0.2) is 0 Å². The van der Waals surface area contributed by atoms with Gasteiger partial charge in [-0.3, -0.25) is 14.6 Å². The number of para-hydroxylation sites is 1. The Kier molecular flexibility index (Phi) is 11.5. The summed E-state index contributed by atoms with van der Waals surface area (Å²) < 4.78 is 35.9. The molecule has 4 atom stereocenters. The van der Waals surface area contributed by atoms with Crippen molar-refractivity contribution in [3.8, 4) is 22.6 Å². The number of rotatable bonds is 3. The second-order valence-electron chi connectivity index (χ2n) is 6.61. The van der Waals surface area contributed by atoms with Gasteiger partial charge in [0.15, 0.2) is 0 Å². The largest absolute Gasteiger partial charge is 0.508 e. The number of hydrogen-bond donors (Lipinski definition) is 3. The molecule has 33 heavy (non-hydrogen) atoms. The fourth-order valence-corrected chi connectivity index (χ4v) is 5.69. The van der Waals surface area contributed by atoms with Gasteiger partial charge >= 0.3 is 0 Å². The van der Waals surface area contributed by atoms with E-state index < -0.39 is 14.6 Å². The molecule has 6 nitrogen and oxygen atoms in total. The molecule has 3 aromatic rings. The minimum Gasteiger partial charge on any atom is -0.508 e. The molecule has 4 N–H and O–H groups in total. The Morgan fingerprint density at radius 3 is 2.03 bits per heavy atom. The molecule has 1 heterocycles. The molecule has 0 saturated heterocycles. The molecule has 4 rings (SSSR count). The topological polar surface area (TPSA) is 110 Å². The lowest BCUT2D eigenvalue weighted by molar-refractivity contribution is 0.473. The van der Waals surface area contributed by atoms with Crippen LogP contribution in [0.4, 0.5) is 0 Å². The maximum absolute atomic E-state index is 13.9. The molecule has 0 aromatic heterocycles. The number of phenolic OH excluding ortho intramolecular Hbond substituents is 1. The molecule has 4 unspecified atom stereocenters. The molecule has 0 radical (unpaired) electrons. The van der Waals surface area contributed by atoms with E-state index in [1.807, 2.05) is 69.3 Å². The maximum atomic E-state index is 13.9. The smallest absolute Gasteiger partial charge is 0.284 e. The number of aromatic hydroxyl groups is 1. The van der Waals surface area contributed by atoms with Crippen LogP contribution in [0.1, 0.15) is 46.8 Å². The van der Waals surface area contributed by atoms with Crippen molar-refractivity contribution in [3.05, 3.63) is 78.4 Å². The van der Waals surface area contributed by atoms with Gasteiger partial charge in [-0.15, -0.1) is 0 Å². The Morgan fingerprint density at radius 2 is 1.48 bits per heavy atom. The molecule has 0 aliphatic carbocycles. The lowest BCUT2D eigenvalue weighted by atomic mass is 10.0. The molecule has 0 spiro atoms. The number of phenols is 1. The first-order chi connectivity index (χ1) is 15.2. The van der Waals surface area contributed by atoms with Crippen LogP contribution < -0.4 is 15.3 Å². The van der Waals surface area contributed by atoms with E-state index in [1.165, 1.54) is 0 Å². The quantitative estimate of drug-likeness (QED) is 0.317. The minimum absolute atomic E-state index is 0. The normalized spacial score (nSPS) is 18.2. The number of fused-ring (bicyclic) bond motifs is 3. The molecule has 1 aliphatic rings. The zero-order valence-electron chi connectivity index (χ0n) is 18.6. The van der Waals surface area contributed by atoms with E-state index in [2.05, 4.69) is 10.4 Å². The molecule has 0 bridgehead atoms. The third-order valence-corrected chi connectivity index (χ3v) is 7.38. The van der Waals surface area contributed by atoms with Crippen molar-refractivity contribution >= 4 is 28.8 Å². The van der Waals surface area contributed by atoms with Gasteiger partial charge in [0.2, 0.25) is 1.43 Å². The molecule has 0 saturated carbocycles. The van der Waals surface area contributed by atoms with E-state index in [9.17, 15) is 14.2 Å².